The quantitative estimate of drug-likeness (QED) is 0.859. The van der Waals surface area contributed by atoms with Crippen LogP contribution in [0.4, 0.5) is 0 Å². The van der Waals surface area contributed by atoms with E-state index in [1.54, 1.807) is 0 Å². The van der Waals surface area contributed by atoms with Crippen molar-refractivity contribution in [3.05, 3.63) is 0 Å². The van der Waals surface area contributed by atoms with Gasteiger partial charge in [0.1, 0.15) is 0 Å². The van der Waals surface area contributed by atoms with Gasteiger partial charge in [-0.05, 0) is 75.8 Å². The minimum atomic E-state index is 0.132. The Morgan fingerprint density at radius 3 is 2.08 bits per heavy atom. The Morgan fingerprint density at radius 1 is 1.04 bits per heavy atom. The number of fused-ring (bicyclic) bond motifs is 3. The number of piperidine rings is 1. The molecule has 5 fully saturated rings. The van der Waals surface area contributed by atoms with Crippen molar-refractivity contribution in [1.82, 2.24) is 10.2 Å². The average molecular weight is 335 g/mol. The van der Waals surface area contributed by atoms with E-state index in [4.69, 9.17) is 4.74 Å². The van der Waals surface area contributed by atoms with Crippen LogP contribution < -0.4 is 5.32 Å². The zero-order chi connectivity index (χ0) is 16.8. The van der Waals surface area contributed by atoms with E-state index in [9.17, 15) is 4.79 Å². The van der Waals surface area contributed by atoms with Gasteiger partial charge in [0.2, 0.25) is 5.91 Å². The van der Waals surface area contributed by atoms with Crippen LogP contribution in [0.1, 0.15) is 65.2 Å². The highest BCUT2D eigenvalue weighted by molar-refractivity contribution is 5.79. The summed E-state index contributed by atoms with van der Waals surface area (Å²) >= 11 is 0. The predicted octanol–water partition coefficient (Wildman–Crippen LogP) is 2.96. The van der Waals surface area contributed by atoms with Crippen LogP contribution in [0.3, 0.4) is 0 Å². The van der Waals surface area contributed by atoms with Gasteiger partial charge in [0, 0.05) is 11.5 Å². The molecule has 0 spiro atoms. The lowest BCUT2D eigenvalue weighted by molar-refractivity contribution is -0.133. The van der Waals surface area contributed by atoms with Crippen molar-refractivity contribution in [2.24, 2.45) is 17.3 Å². The number of likely N-dealkylation sites (tertiary alicyclic amines) is 1. The summed E-state index contributed by atoms with van der Waals surface area (Å²) in [6.45, 7) is 8.68. The molecular weight excluding hydrogens is 300 g/mol. The lowest BCUT2D eigenvalue weighted by Crippen LogP contribution is -2.59. The smallest absolute Gasteiger partial charge is 0.223 e. The summed E-state index contributed by atoms with van der Waals surface area (Å²) in [7, 11) is 0. The number of hydrogen-bond donors (Lipinski definition) is 1. The molecule has 1 N–H and O–H groups in total. The molecule has 0 unspecified atom stereocenters. The highest BCUT2D eigenvalue weighted by atomic mass is 16.5. The molecule has 4 nitrogen and oxygen atoms in total. The molecule has 136 valence electrons. The van der Waals surface area contributed by atoms with Gasteiger partial charge in [0.05, 0.1) is 19.3 Å². The van der Waals surface area contributed by atoms with E-state index in [1.807, 2.05) is 0 Å². The molecule has 3 saturated carbocycles. The molecule has 0 aromatic carbocycles. The molecule has 0 aromatic heterocycles. The third-order valence-corrected chi connectivity index (χ3v) is 7.95. The van der Waals surface area contributed by atoms with E-state index >= 15 is 0 Å². The van der Waals surface area contributed by atoms with Crippen LogP contribution in [0.2, 0.25) is 0 Å². The van der Waals surface area contributed by atoms with E-state index in [0.717, 1.165) is 45.1 Å². The van der Waals surface area contributed by atoms with Crippen LogP contribution in [-0.2, 0) is 9.53 Å². The maximum absolute atomic E-state index is 12.9. The fraction of sp³-hybridized carbons (Fsp3) is 0.950. The minimum absolute atomic E-state index is 0.132. The van der Waals surface area contributed by atoms with Crippen LogP contribution in [0.25, 0.3) is 0 Å². The van der Waals surface area contributed by atoms with Crippen LogP contribution in [0.5, 0.6) is 0 Å². The Kier molecular flexibility index (Phi) is 4.41. The van der Waals surface area contributed by atoms with Gasteiger partial charge in [0.25, 0.3) is 0 Å². The normalized spacial score (nSPS) is 38.3. The molecule has 2 aliphatic heterocycles. The van der Waals surface area contributed by atoms with E-state index in [0.29, 0.717) is 17.4 Å². The number of carbonyl (C=O) groups excluding carboxylic acids is 1. The number of ether oxygens (including phenoxy) is 1. The van der Waals surface area contributed by atoms with E-state index < -0.39 is 0 Å². The van der Waals surface area contributed by atoms with E-state index in [-0.39, 0.29) is 11.5 Å². The molecule has 0 radical (unpaired) electrons. The maximum atomic E-state index is 12.9. The molecule has 5 aliphatic rings. The third kappa shape index (κ3) is 2.90. The molecule has 0 aromatic rings. The molecule has 4 heteroatoms. The van der Waals surface area contributed by atoms with Crippen molar-refractivity contribution in [2.75, 3.05) is 26.3 Å². The van der Waals surface area contributed by atoms with Gasteiger partial charge in [-0.2, -0.15) is 0 Å². The summed E-state index contributed by atoms with van der Waals surface area (Å²) in [6, 6.07) is 0.619. The molecule has 0 atom stereocenters. The van der Waals surface area contributed by atoms with Crippen molar-refractivity contribution in [2.45, 2.75) is 76.8 Å². The standard InChI is InChI=1S/C20H34N2O2/c1-15(2)19-5-8-20(9-6-19,10-7-19)21-18(23)16-3-11-22(12-4-16)17-13-24-14-17/h15-17H,3-14H2,1-2H3,(H,21,23). The van der Waals surface area contributed by atoms with Gasteiger partial charge in [-0.3, -0.25) is 9.69 Å². The Labute approximate surface area is 146 Å². The SMILES string of the molecule is CC(C)C12CCC(NC(=O)C3CCN(C4COC4)CC3)(CC1)CC2. The monoisotopic (exact) mass is 334 g/mol. The van der Waals surface area contributed by atoms with Crippen LogP contribution in [-0.4, -0.2) is 48.7 Å². The van der Waals surface area contributed by atoms with Gasteiger partial charge in [-0.25, -0.2) is 0 Å². The third-order valence-electron chi connectivity index (χ3n) is 7.95. The number of hydrogen-bond acceptors (Lipinski definition) is 3. The number of amides is 1. The Bertz CT molecular complexity index is 454. The fourth-order valence-electron chi connectivity index (χ4n) is 5.59. The van der Waals surface area contributed by atoms with Gasteiger partial charge in [-0.15, -0.1) is 0 Å². The summed E-state index contributed by atoms with van der Waals surface area (Å²) < 4.78 is 5.30. The fourth-order valence-corrected chi connectivity index (χ4v) is 5.59. The highest BCUT2D eigenvalue weighted by Gasteiger charge is 2.50. The van der Waals surface area contributed by atoms with Crippen LogP contribution >= 0.6 is 0 Å². The first-order chi connectivity index (χ1) is 11.5. The topological polar surface area (TPSA) is 41.6 Å². The molecule has 2 saturated heterocycles. The first-order valence-corrected chi connectivity index (χ1v) is 10.2. The Morgan fingerprint density at radius 2 is 1.62 bits per heavy atom. The number of carbonyl (C=O) groups is 1. The number of nitrogens with zero attached hydrogens (tertiary/aromatic N) is 1. The molecule has 24 heavy (non-hydrogen) atoms. The first kappa shape index (κ1) is 16.8. The van der Waals surface area contributed by atoms with Crippen LogP contribution in [0, 0.1) is 17.3 Å². The molecular formula is C20H34N2O2. The van der Waals surface area contributed by atoms with Crippen molar-refractivity contribution in [3.8, 4) is 0 Å². The molecule has 1 amide bonds. The summed E-state index contributed by atoms with van der Waals surface area (Å²) in [4.78, 5) is 15.4. The van der Waals surface area contributed by atoms with E-state index in [1.165, 1.54) is 38.5 Å². The Hall–Kier alpha value is -0.610. The van der Waals surface area contributed by atoms with Crippen LogP contribution in [0.15, 0.2) is 0 Å². The Balaban J connectivity index is 1.29. The van der Waals surface area contributed by atoms with Crippen molar-refractivity contribution >= 4 is 5.91 Å². The highest BCUT2D eigenvalue weighted by Crippen LogP contribution is 2.55. The largest absolute Gasteiger partial charge is 0.378 e. The average Bonchev–Trinajstić information content (AvgIpc) is 2.55. The zero-order valence-corrected chi connectivity index (χ0v) is 15.5. The number of rotatable bonds is 4. The lowest BCUT2D eigenvalue weighted by Gasteiger charge is -2.56. The van der Waals surface area contributed by atoms with Crippen molar-refractivity contribution < 1.29 is 9.53 Å². The molecule has 5 rings (SSSR count). The predicted molar refractivity (Wildman–Crippen MR) is 94.8 cm³/mol. The summed E-state index contributed by atoms with van der Waals surface area (Å²) in [5.74, 6) is 1.36. The second-order valence-corrected chi connectivity index (χ2v) is 9.29. The van der Waals surface area contributed by atoms with Crippen molar-refractivity contribution in [1.29, 1.82) is 0 Å². The molecule has 3 aliphatic carbocycles. The van der Waals surface area contributed by atoms with Crippen molar-refractivity contribution in [3.63, 3.8) is 0 Å². The minimum Gasteiger partial charge on any atom is -0.378 e. The van der Waals surface area contributed by atoms with Gasteiger partial charge < -0.3 is 10.1 Å². The molecule has 2 bridgehead atoms. The van der Waals surface area contributed by atoms with E-state index in [2.05, 4.69) is 24.1 Å². The summed E-state index contributed by atoms with van der Waals surface area (Å²) in [5.41, 5.74) is 0.704. The number of nitrogens with one attached hydrogen (secondary N) is 1. The van der Waals surface area contributed by atoms with Gasteiger partial charge in [-0.1, -0.05) is 13.8 Å². The van der Waals surface area contributed by atoms with Gasteiger partial charge in [0.15, 0.2) is 0 Å². The summed E-state index contributed by atoms with van der Waals surface area (Å²) in [5, 5.41) is 3.54. The molecule has 2 heterocycles. The second-order valence-electron chi connectivity index (χ2n) is 9.29. The lowest BCUT2D eigenvalue weighted by atomic mass is 9.53. The van der Waals surface area contributed by atoms with Gasteiger partial charge >= 0.3 is 0 Å². The first-order valence-electron chi connectivity index (χ1n) is 10.2. The summed E-state index contributed by atoms with van der Waals surface area (Å²) in [6.07, 6.45) is 9.59. The second kappa shape index (κ2) is 6.28. The maximum Gasteiger partial charge on any atom is 0.223 e. The zero-order valence-electron chi connectivity index (χ0n) is 15.5.